The van der Waals surface area contributed by atoms with Crippen LogP contribution in [-0.2, 0) is 14.3 Å². The zero-order valence-corrected chi connectivity index (χ0v) is 15.4. The van der Waals surface area contributed by atoms with Gasteiger partial charge in [-0.1, -0.05) is 39.3 Å². The Bertz CT molecular complexity index is 601. The van der Waals surface area contributed by atoms with Crippen LogP contribution in [0.3, 0.4) is 0 Å². The highest BCUT2D eigenvalue weighted by Gasteiger charge is 2.59. The van der Waals surface area contributed by atoms with Crippen molar-refractivity contribution < 1.29 is 19.1 Å². The molecule has 0 N–H and O–H groups in total. The van der Waals surface area contributed by atoms with Gasteiger partial charge in [0, 0.05) is 19.4 Å². The van der Waals surface area contributed by atoms with E-state index in [0.717, 1.165) is 12.8 Å². The Labute approximate surface area is 149 Å². The molecule has 3 aliphatic heterocycles. The second kappa shape index (κ2) is 6.11. The van der Waals surface area contributed by atoms with Gasteiger partial charge in [0.2, 0.25) is 0 Å². The van der Waals surface area contributed by atoms with Crippen LogP contribution in [-0.4, -0.2) is 47.2 Å². The number of ketones is 1. The Morgan fingerprint density at radius 3 is 2.96 bits per heavy atom. The van der Waals surface area contributed by atoms with Gasteiger partial charge in [0.25, 0.3) is 0 Å². The first-order chi connectivity index (χ1) is 11.9. The van der Waals surface area contributed by atoms with Crippen molar-refractivity contribution in [1.82, 2.24) is 4.90 Å². The number of rotatable bonds is 2. The van der Waals surface area contributed by atoms with Gasteiger partial charge in [0.15, 0.2) is 5.78 Å². The summed E-state index contributed by atoms with van der Waals surface area (Å²) < 4.78 is 12.0. The normalized spacial score (nSPS) is 42.8. The molecule has 5 heteroatoms. The number of hydrogen-bond donors (Lipinski definition) is 0. The molecule has 5 nitrogen and oxygen atoms in total. The molecule has 4 rings (SSSR count). The Balaban J connectivity index is 1.49. The molecule has 1 aliphatic carbocycles. The van der Waals surface area contributed by atoms with Crippen LogP contribution in [0.2, 0.25) is 0 Å². The number of hydrogen-bond acceptors (Lipinski definition) is 4. The molecular formula is C20H29NO4. The third-order valence-corrected chi connectivity index (χ3v) is 6.64. The molecular weight excluding hydrogens is 318 g/mol. The van der Waals surface area contributed by atoms with Crippen molar-refractivity contribution in [2.75, 3.05) is 6.54 Å². The van der Waals surface area contributed by atoms with E-state index in [0.29, 0.717) is 37.1 Å². The molecule has 6 atom stereocenters. The number of likely N-dealkylation sites (tertiary alicyclic amines) is 1. The molecule has 138 valence electrons. The minimum atomic E-state index is -0.601. The molecule has 0 aromatic carbocycles. The Hall–Kier alpha value is -1.36. The molecule has 1 spiro atoms. The van der Waals surface area contributed by atoms with Crippen molar-refractivity contribution in [2.45, 2.75) is 76.7 Å². The molecule has 3 heterocycles. The smallest absolute Gasteiger partial charge is 0.410 e. The molecule has 0 unspecified atom stereocenters. The van der Waals surface area contributed by atoms with Crippen LogP contribution in [0.15, 0.2) is 12.2 Å². The van der Waals surface area contributed by atoms with E-state index in [1.165, 1.54) is 6.42 Å². The first-order valence-corrected chi connectivity index (χ1v) is 9.77. The number of fused-ring (bicyclic) bond motifs is 1. The molecule has 2 saturated heterocycles. The lowest BCUT2D eigenvalue weighted by atomic mass is 9.75. The van der Waals surface area contributed by atoms with Crippen LogP contribution in [0.25, 0.3) is 0 Å². The van der Waals surface area contributed by atoms with Crippen molar-refractivity contribution in [3.05, 3.63) is 12.2 Å². The minimum Gasteiger partial charge on any atom is -0.446 e. The lowest BCUT2D eigenvalue weighted by Crippen LogP contribution is -2.55. The van der Waals surface area contributed by atoms with Crippen LogP contribution in [0.1, 0.15) is 52.9 Å². The van der Waals surface area contributed by atoms with Crippen molar-refractivity contribution in [2.24, 2.45) is 17.8 Å². The molecule has 0 aromatic heterocycles. The maximum absolute atomic E-state index is 12.9. The summed E-state index contributed by atoms with van der Waals surface area (Å²) in [6, 6.07) is -0.506. The van der Waals surface area contributed by atoms with Crippen LogP contribution in [0.4, 0.5) is 4.79 Å². The van der Waals surface area contributed by atoms with E-state index in [2.05, 4.69) is 20.8 Å². The Kier molecular flexibility index (Phi) is 4.18. The first kappa shape index (κ1) is 17.1. The van der Waals surface area contributed by atoms with Gasteiger partial charge in [-0.15, -0.1) is 0 Å². The maximum Gasteiger partial charge on any atom is 0.410 e. The van der Waals surface area contributed by atoms with Gasteiger partial charge < -0.3 is 9.47 Å². The van der Waals surface area contributed by atoms with E-state index in [1.54, 1.807) is 4.90 Å². The molecule has 25 heavy (non-hydrogen) atoms. The summed E-state index contributed by atoms with van der Waals surface area (Å²) in [6.07, 6.45) is 7.77. The van der Waals surface area contributed by atoms with Gasteiger partial charge in [-0.25, -0.2) is 4.79 Å². The standard InChI is InChI=1S/C20H29NO4/c1-12(2)15-5-4-13(3)10-17(15)24-19(23)21-9-8-20-7-6-14(25-20)11-16(22)18(20)21/h6-7,12-15,17-18H,4-5,8-11H2,1-3H3/t13-,14-,15+,17-,18-,20-/m1/s1. The lowest BCUT2D eigenvalue weighted by molar-refractivity contribution is -0.144. The molecule has 1 amide bonds. The zero-order chi connectivity index (χ0) is 17.8. The van der Waals surface area contributed by atoms with Crippen molar-refractivity contribution in [1.29, 1.82) is 0 Å². The fraction of sp³-hybridized carbons (Fsp3) is 0.800. The number of Topliss-reactive ketones (excluding diaryl/α,β-unsaturated/α-hetero) is 1. The van der Waals surface area contributed by atoms with Gasteiger partial charge in [-0.05, 0) is 30.6 Å². The highest BCUT2D eigenvalue weighted by Crippen LogP contribution is 2.44. The molecule has 0 aromatic rings. The van der Waals surface area contributed by atoms with Gasteiger partial charge in [-0.2, -0.15) is 0 Å². The predicted molar refractivity (Wildman–Crippen MR) is 93.1 cm³/mol. The zero-order valence-electron chi connectivity index (χ0n) is 15.4. The highest BCUT2D eigenvalue weighted by atomic mass is 16.6. The van der Waals surface area contributed by atoms with Crippen LogP contribution in [0.5, 0.6) is 0 Å². The number of nitrogens with zero attached hydrogens (tertiary/aromatic N) is 1. The van der Waals surface area contributed by atoms with Crippen LogP contribution < -0.4 is 0 Å². The Morgan fingerprint density at radius 2 is 2.20 bits per heavy atom. The van der Waals surface area contributed by atoms with Gasteiger partial charge in [-0.3, -0.25) is 9.69 Å². The summed E-state index contributed by atoms with van der Waals surface area (Å²) in [4.78, 5) is 27.2. The van der Waals surface area contributed by atoms with Crippen molar-refractivity contribution in [3.8, 4) is 0 Å². The molecule has 4 aliphatic rings. The van der Waals surface area contributed by atoms with E-state index < -0.39 is 11.6 Å². The second-order valence-electron chi connectivity index (χ2n) is 8.74. The summed E-state index contributed by atoms with van der Waals surface area (Å²) in [6.45, 7) is 7.16. The minimum absolute atomic E-state index is 0.0423. The third-order valence-electron chi connectivity index (χ3n) is 6.64. The summed E-state index contributed by atoms with van der Waals surface area (Å²) in [5.74, 6) is 1.59. The molecule has 1 saturated carbocycles. The van der Waals surface area contributed by atoms with Crippen LogP contribution in [0, 0.1) is 17.8 Å². The summed E-state index contributed by atoms with van der Waals surface area (Å²) in [5, 5.41) is 0. The van der Waals surface area contributed by atoms with Crippen molar-refractivity contribution >= 4 is 11.9 Å². The fourth-order valence-electron chi connectivity index (χ4n) is 5.26. The monoisotopic (exact) mass is 347 g/mol. The number of amides is 1. The molecule has 0 radical (unpaired) electrons. The van der Waals surface area contributed by atoms with E-state index in [1.807, 2.05) is 12.2 Å². The van der Waals surface area contributed by atoms with E-state index >= 15 is 0 Å². The molecule has 3 fully saturated rings. The van der Waals surface area contributed by atoms with Crippen molar-refractivity contribution in [3.63, 3.8) is 0 Å². The average molecular weight is 347 g/mol. The second-order valence-corrected chi connectivity index (χ2v) is 8.74. The summed E-state index contributed by atoms with van der Waals surface area (Å²) in [7, 11) is 0. The number of carbonyl (C=O) groups is 2. The third kappa shape index (κ3) is 2.80. The largest absolute Gasteiger partial charge is 0.446 e. The quantitative estimate of drug-likeness (QED) is 0.719. The first-order valence-electron chi connectivity index (χ1n) is 9.77. The number of carbonyl (C=O) groups excluding carboxylic acids is 2. The Morgan fingerprint density at radius 1 is 1.40 bits per heavy atom. The van der Waals surface area contributed by atoms with E-state index in [9.17, 15) is 9.59 Å². The SMILES string of the molecule is CC(C)[C@@H]1CC[C@@H](C)C[C@H]1OC(=O)N1CC[C@]23C=C[C@H](CC(=O)[C@@H]12)O3. The lowest BCUT2D eigenvalue weighted by Gasteiger charge is -2.40. The summed E-state index contributed by atoms with van der Waals surface area (Å²) in [5.41, 5.74) is -0.601. The topological polar surface area (TPSA) is 55.8 Å². The molecule has 2 bridgehead atoms. The van der Waals surface area contributed by atoms with E-state index in [-0.39, 0.29) is 24.1 Å². The average Bonchev–Trinajstić information content (AvgIpc) is 3.09. The van der Waals surface area contributed by atoms with E-state index in [4.69, 9.17) is 9.47 Å². The van der Waals surface area contributed by atoms with Gasteiger partial charge in [0.1, 0.15) is 17.7 Å². The summed E-state index contributed by atoms with van der Waals surface area (Å²) >= 11 is 0. The van der Waals surface area contributed by atoms with Gasteiger partial charge in [0.05, 0.1) is 6.10 Å². The highest BCUT2D eigenvalue weighted by molar-refractivity contribution is 5.91. The predicted octanol–water partition coefficient (Wildman–Crippen LogP) is 3.32. The maximum atomic E-state index is 12.9. The van der Waals surface area contributed by atoms with Gasteiger partial charge >= 0.3 is 6.09 Å². The fourth-order valence-corrected chi connectivity index (χ4v) is 5.26. The number of ether oxygens (including phenoxy) is 2. The van der Waals surface area contributed by atoms with Crippen LogP contribution >= 0.6 is 0 Å².